The molecule has 0 aromatic heterocycles. The number of nitrogens with zero attached hydrogens (tertiary/aromatic N) is 1. The lowest BCUT2D eigenvalue weighted by Crippen LogP contribution is -2.53. The fraction of sp³-hybridized carbons (Fsp3) is 0.889. The van der Waals surface area contributed by atoms with Crippen molar-refractivity contribution in [2.45, 2.75) is 70.5 Å². The van der Waals surface area contributed by atoms with Gasteiger partial charge in [0.05, 0.1) is 5.92 Å². The van der Waals surface area contributed by atoms with Crippen LogP contribution in [0.1, 0.15) is 52.4 Å². The van der Waals surface area contributed by atoms with Crippen molar-refractivity contribution in [1.82, 2.24) is 20.9 Å². The number of fused-ring (bicyclic) bond motifs is 2. The number of likely N-dealkylation sites (tertiary alicyclic amines) is 1. The normalized spacial score (nSPS) is 32.7. The Hall–Kier alpha value is -1.30. The van der Waals surface area contributed by atoms with Crippen molar-refractivity contribution in [2.75, 3.05) is 19.6 Å². The summed E-state index contributed by atoms with van der Waals surface area (Å²) in [6.45, 7) is 6.15. The van der Waals surface area contributed by atoms with E-state index in [-0.39, 0.29) is 17.9 Å². The van der Waals surface area contributed by atoms with Crippen molar-refractivity contribution in [3.05, 3.63) is 0 Å². The molecule has 6 heteroatoms. The molecule has 3 saturated heterocycles. The van der Waals surface area contributed by atoms with Crippen LogP contribution in [-0.4, -0.2) is 54.6 Å². The first-order chi connectivity index (χ1) is 11.5. The van der Waals surface area contributed by atoms with Crippen molar-refractivity contribution < 1.29 is 9.59 Å². The zero-order chi connectivity index (χ0) is 17.1. The van der Waals surface area contributed by atoms with Crippen LogP contribution in [0.25, 0.3) is 0 Å². The van der Waals surface area contributed by atoms with Gasteiger partial charge in [0.2, 0.25) is 5.91 Å². The maximum Gasteiger partial charge on any atom is 0.317 e. The highest BCUT2D eigenvalue weighted by Crippen LogP contribution is 2.27. The monoisotopic (exact) mass is 336 g/mol. The first-order valence-electron chi connectivity index (χ1n) is 9.60. The SMILES string of the molecule is CC(C)CNC(=O)N1CCCC(C(=O)NC2CC3CCC(C2)N3)C1. The van der Waals surface area contributed by atoms with Gasteiger partial charge in [-0.3, -0.25) is 4.79 Å². The Kier molecular flexibility index (Phi) is 5.64. The Morgan fingerprint density at radius 2 is 1.88 bits per heavy atom. The van der Waals surface area contributed by atoms with E-state index in [1.165, 1.54) is 12.8 Å². The molecule has 0 saturated carbocycles. The summed E-state index contributed by atoms with van der Waals surface area (Å²) in [5.74, 6) is 0.520. The largest absolute Gasteiger partial charge is 0.353 e. The Labute approximate surface area is 145 Å². The highest BCUT2D eigenvalue weighted by Gasteiger charge is 2.36. The van der Waals surface area contributed by atoms with E-state index in [1.54, 1.807) is 0 Å². The van der Waals surface area contributed by atoms with Crippen molar-refractivity contribution >= 4 is 11.9 Å². The molecule has 0 aromatic rings. The molecule has 3 atom stereocenters. The predicted octanol–water partition coefficient (Wildman–Crippen LogP) is 1.46. The van der Waals surface area contributed by atoms with Gasteiger partial charge in [0.25, 0.3) is 0 Å². The number of rotatable bonds is 4. The molecular formula is C18H32N4O2. The molecule has 3 N–H and O–H groups in total. The van der Waals surface area contributed by atoms with Crippen molar-refractivity contribution in [3.8, 4) is 0 Å². The Balaban J connectivity index is 1.47. The molecule has 3 fully saturated rings. The molecule has 0 spiro atoms. The molecule has 3 heterocycles. The summed E-state index contributed by atoms with van der Waals surface area (Å²) in [6, 6.07) is 1.44. The highest BCUT2D eigenvalue weighted by atomic mass is 16.2. The summed E-state index contributed by atoms with van der Waals surface area (Å²) in [5.41, 5.74) is 0. The highest BCUT2D eigenvalue weighted by molar-refractivity contribution is 5.81. The van der Waals surface area contributed by atoms with Gasteiger partial charge in [0.1, 0.15) is 0 Å². The minimum atomic E-state index is -0.0592. The first-order valence-corrected chi connectivity index (χ1v) is 9.60. The number of amides is 3. The van der Waals surface area contributed by atoms with Crippen LogP contribution in [-0.2, 0) is 4.79 Å². The molecule has 0 aliphatic carbocycles. The van der Waals surface area contributed by atoms with Gasteiger partial charge < -0.3 is 20.9 Å². The quantitative estimate of drug-likeness (QED) is 0.728. The molecule has 3 aliphatic heterocycles. The number of carbonyl (C=O) groups is 2. The lowest BCUT2D eigenvalue weighted by Gasteiger charge is -2.35. The maximum atomic E-state index is 12.6. The summed E-state index contributed by atoms with van der Waals surface area (Å²) in [6.07, 6.45) is 6.37. The minimum Gasteiger partial charge on any atom is -0.353 e. The third-order valence-electron chi connectivity index (χ3n) is 5.56. The second-order valence-electron chi connectivity index (χ2n) is 8.18. The average molecular weight is 336 g/mol. The van der Waals surface area contributed by atoms with E-state index in [0.717, 1.165) is 32.2 Å². The molecule has 136 valence electrons. The topological polar surface area (TPSA) is 73.5 Å². The van der Waals surface area contributed by atoms with Crippen molar-refractivity contribution in [1.29, 1.82) is 0 Å². The van der Waals surface area contributed by atoms with Gasteiger partial charge in [-0.1, -0.05) is 13.8 Å². The van der Waals surface area contributed by atoms with Crippen LogP contribution in [0.5, 0.6) is 0 Å². The van der Waals surface area contributed by atoms with Gasteiger partial charge in [0, 0.05) is 37.8 Å². The van der Waals surface area contributed by atoms with E-state index in [2.05, 4.69) is 29.8 Å². The van der Waals surface area contributed by atoms with E-state index < -0.39 is 0 Å². The fourth-order valence-electron chi connectivity index (χ4n) is 4.27. The van der Waals surface area contributed by atoms with Crippen molar-refractivity contribution in [3.63, 3.8) is 0 Å². The van der Waals surface area contributed by atoms with E-state index in [1.807, 2.05) is 4.90 Å². The van der Waals surface area contributed by atoms with Gasteiger partial charge in [0.15, 0.2) is 0 Å². The molecule has 3 rings (SSSR count). The molecule has 3 unspecified atom stereocenters. The van der Waals surface area contributed by atoms with Gasteiger partial charge >= 0.3 is 6.03 Å². The number of piperidine rings is 2. The van der Waals surface area contributed by atoms with Gasteiger partial charge in [-0.2, -0.15) is 0 Å². The number of carbonyl (C=O) groups excluding carboxylic acids is 2. The van der Waals surface area contributed by atoms with Gasteiger partial charge in [-0.15, -0.1) is 0 Å². The fourth-order valence-corrected chi connectivity index (χ4v) is 4.27. The van der Waals surface area contributed by atoms with E-state index in [9.17, 15) is 9.59 Å². The molecule has 3 amide bonds. The number of nitrogens with one attached hydrogen (secondary N) is 3. The summed E-state index contributed by atoms with van der Waals surface area (Å²) < 4.78 is 0. The van der Waals surface area contributed by atoms with Crippen molar-refractivity contribution in [2.24, 2.45) is 11.8 Å². The maximum absolute atomic E-state index is 12.6. The van der Waals surface area contributed by atoms with Gasteiger partial charge in [-0.05, 0) is 44.4 Å². The zero-order valence-corrected chi connectivity index (χ0v) is 15.0. The number of hydrogen-bond donors (Lipinski definition) is 3. The third kappa shape index (κ3) is 4.41. The summed E-state index contributed by atoms with van der Waals surface area (Å²) in [4.78, 5) is 26.7. The van der Waals surface area contributed by atoms with Crippen LogP contribution in [0.4, 0.5) is 4.79 Å². The molecule has 0 radical (unpaired) electrons. The van der Waals surface area contributed by atoms with Crippen LogP contribution in [0.15, 0.2) is 0 Å². The summed E-state index contributed by atoms with van der Waals surface area (Å²) in [7, 11) is 0. The standard InChI is InChI=1S/C18H32N4O2/c1-12(2)10-19-18(24)22-7-3-4-13(11-22)17(23)21-16-8-14-5-6-15(9-16)20-14/h12-16,20H,3-11H2,1-2H3,(H,19,24)(H,21,23). The second kappa shape index (κ2) is 7.72. The Morgan fingerprint density at radius 1 is 1.17 bits per heavy atom. The first kappa shape index (κ1) is 17.5. The Morgan fingerprint density at radius 3 is 2.54 bits per heavy atom. The lowest BCUT2D eigenvalue weighted by atomic mass is 9.95. The van der Waals surface area contributed by atoms with E-state index in [0.29, 0.717) is 37.1 Å². The van der Waals surface area contributed by atoms with E-state index >= 15 is 0 Å². The van der Waals surface area contributed by atoms with E-state index in [4.69, 9.17) is 0 Å². The minimum absolute atomic E-state index is 0.0267. The van der Waals surface area contributed by atoms with Crippen LogP contribution in [0.2, 0.25) is 0 Å². The summed E-state index contributed by atoms with van der Waals surface area (Å²) in [5, 5.41) is 9.83. The Bertz CT molecular complexity index is 456. The lowest BCUT2D eigenvalue weighted by molar-refractivity contribution is -0.127. The average Bonchev–Trinajstić information content (AvgIpc) is 2.91. The van der Waals surface area contributed by atoms with Gasteiger partial charge in [-0.25, -0.2) is 4.79 Å². The molecule has 24 heavy (non-hydrogen) atoms. The summed E-state index contributed by atoms with van der Waals surface area (Å²) >= 11 is 0. The van der Waals surface area contributed by atoms with Crippen LogP contribution in [0.3, 0.4) is 0 Å². The van der Waals surface area contributed by atoms with Crippen LogP contribution < -0.4 is 16.0 Å². The second-order valence-corrected chi connectivity index (χ2v) is 8.18. The zero-order valence-electron chi connectivity index (χ0n) is 15.0. The molecule has 6 nitrogen and oxygen atoms in total. The number of hydrogen-bond acceptors (Lipinski definition) is 3. The molecular weight excluding hydrogens is 304 g/mol. The number of urea groups is 1. The molecule has 3 aliphatic rings. The predicted molar refractivity (Wildman–Crippen MR) is 93.6 cm³/mol. The molecule has 2 bridgehead atoms. The smallest absolute Gasteiger partial charge is 0.317 e. The van der Waals surface area contributed by atoms with Crippen LogP contribution in [0, 0.1) is 11.8 Å². The molecule has 0 aromatic carbocycles. The third-order valence-corrected chi connectivity index (χ3v) is 5.56. The van der Waals surface area contributed by atoms with Crippen LogP contribution >= 0.6 is 0 Å².